The molecule has 28 heavy (non-hydrogen) atoms. The van der Waals surface area contributed by atoms with E-state index in [0.29, 0.717) is 17.4 Å². The van der Waals surface area contributed by atoms with Gasteiger partial charge in [0, 0.05) is 11.6 Å². The summed E-state index contributed by atoms with van der Waals surface area (Å²) in [6.07, 6.45) is 1.84. The molecule has 0 radical (unpaired) electrons. The molecule has 0 fully saturated rings. The summed E-state index contributed by atoms with van der Waals surface area (Å²) in [4.78, 5) is 32.2. The van der Waals surface area contributed by atoms with E-state index in [4.69, 9.17) is 9.47 Å². The lowest BCUT2D eigenvalue weighted by Gasteiger charge is -2.12. The third kappa shape index (κ3) is 4.67. The van der Waals surface area contributed by atoms with Crippen molar-refractivity contribution in [3.8, 4) is 5.88 Å². The topological polar surface area (TPSA) is 108 Å². The number of anilines is 1. The Morgan fingerprint density at radius 2 is 2.00 bits per heavy atom. The zero-order chi connectivity index (χ0) is 20.1. The van der Waals surface area contributed by atoms with Crippen molar-refractivity contribution in [1.82, 2.24) is 19.7 Å². The molecule has 0 saturated heterocycles. The van der Waals surface area contributed by atoms with Gasteiger partial charge in [-0.05, 0) is 18.2 Å². The largest absolute Gasteiger partial charge is 0.474 e. The van der Waals surface area contributed by atoms with Crippen LogP contribution in [0, 0.1) is 5.82 Å². The standard InChI is InChI=1S/C17H15BrFN5O4/c1-27-4-5-28-15-13-6-10(18)2-3-12(13)16(26)24(23-15)9-14(25)22-17-20-7-11(19)8-21-17/h2-3,6-8H,4-5,9H2,1H3,(H,20,21,22,25). The van der Waals surface area contributed by atoms with Gasteiger partial charge in [-0.25, -0.2) is 19.0 Å². The summed E-state index contributed by atoms with van der Waals surface area (Å²) in [6.45, 7) is 0.157. The summed E-state index contributed by atoms with van der Waals surface area (Å²) in [5.41, 5.74) is -0.461. The van der Waals surface area contributed by atoms with E-state index in [2.05, 4.69) is 36.3 Å². The molecule has 146 valence electrons. The minimum Gasteiger partial charge on any atom is -0.474 e. The quantitative estimate of drug-likeness (QED) is 0.545. The van der Waals surface area contributed by atoms with Crippen LogP contribution in [0.25, 0.3) is 10.8 Å². The Morgan fingerprint density at radius 3 is 2.71 bits per heavy atom. The number of carbonyl (C=O) groups excluding carboxylic acids is 1. The number of methoxy groups -OCH3 is 1. The maximum absolute atomic E-state index is 12.9. The van der Waals surface area contributed by atoms with Crippen LogP contribution in [0.15, 0.2) is 39.9 Å². The molecule has 0 aliphatic rings. The number of amides is 1. The lowest BCUT2D eigenvalue weighted by molar-refractivity contribution is -0.117. The predicted octanol–water partition coefficient (Wildman–Crippen LogP) is 1.75. The van der Waals surface area contributed by atoms with Gasteiger partial charge in [-0.2, -0.15) is 0 Å². The Morgan fingerprint density at radius 1 is 1.25 bits per heavy atom. The summed E-state index contributed by atoms with van der Waals surface area (Å²) in [5, 5.41) is 7.38. The molecule has 3 aromatic rings. The van der Waals surface area contributed by atoms with Gasteiger partial charge in [-0.15, -0.1) is 5.10 Å². The Balaban J connectivity index is 1.90. The van der Waals surface area contributed by atoms with Crippen molar-refractivity contribution in [2.24, 2.45) is 0 Å². The maximum atomic E-state index is 12.9. The summed E-state index contributed by atoms with van der Waals surface area (Å²) in [6, 6.07) is 5.03. The number of aromatic nitrogens is 4. The first-order chi connectivity index (χ1) is 13.5. The molecule has 0 aliphatic carbocycles. The molecule has 0 bridgehead atoms. The molecule has 0 unspecified atom stereocenters. The van der Waals surface area contributed by atoms with Crippen molar-refractivity contribution in [2.75, 3.05) is 25.6 Å². The fourth-order valence-electron chi connectivity index (χ4n) is 2.34. The van der Waals surface area contributed by atoms with Crippen LogP contribution in [0.2, 0.25) is 0 Å². The highest BCUT2D eigenvalue weighted by molar-refractivity contribution is 9.10. The molecular formula is C17H15BrFN5O4. The zero-order valence-electron chi connectivity index (χ0n) is 14.7. The normalized spacial score (nSPS) is 10.8. The SMILES string of the molecule is COCCOc1nn(CC(=O)Nc2ncc(F)cn2)c(=O)c2ccc(Br)cc12. The van der Waals surface area contributed by atoms with Gasteiger partial charge in [0.1, 0.15) is 13.2 Å². The number of fused-ring (bicyclic) bond motifs is 1. The molecule has 1 N–H and O–H groups in total. The lowest BCUT2D eigenvalue weighted by Crippen LogP contribution is -2.30. The molecule has 0 spiro atoms. The average molecular weight is 452 g/mol. The van der Waals surface area contributed by atoms with Gasteiger partial charge in [-0.3, -0.25) is 14.9 Å². The van der Waals surface area contributed by atoms with E-state index >= 15 is 0 Å². The molecule has 11 heteroatoms. The first-order valence-corrected chi connectivity index (χ1v) is 8.86. The minimum atomic E-state index is -0.630. The van der Waals surface area contributed by atoms with E-state index in [1.807, 2.05) is 0 Å². The predicted molar refractivity (Wildman–Crippen MR) is 102 cm³/mol. The van der Waals surface area contributed by atoms with Crippen LogP contribution in [-0.2, 0) is 16.1 Å². The Labute approximate surface area is 166 Å². The van der Waals surface area contributed by atoms with Gasteiger partial charge in [0.2, 0.25) is 17.7 Å². The van der Waals surface area contributed by atoms with Gasteiger partial charge in [0.25, 0.3) is 5.56 Å². The molecule has 2 heterocycles. The highest BCUT2D eigenvalue weighted by Crippen LogP contribution is 2.24. The smallest absolute Gasteiger partial charge is 0.275 e. The number of halogens is 2. The molecule has 3 rings (SSSR count). The third-order valence-electron chi connectivity index (χ3n) is 3.58. The second kappa shape index (κ2) is 8.85. The van der Waals surface area contributed by atoms with E-state index in [-0.39, 0.29) is 18.4 Å². The molecule has 2 aromatic heterocycles. The Bertz CT molecular complexity index is 1060. The lowest BCUT2D eigenvalue weighted by atomic mass is 10.2. The number of rotatable bonds is 7. The highest BCUT2D eigenvalue weighted by atomic mass is 79.9. The maximum Gasteiger partial charge on any atom is 0.275 e. The summed E-state index contributed by atoms with van der Waals surface area (Å²) in [7, 11) is 1.54. The fraction of sp³-hybridized carbons (Fsp3) is 0.235. The van der Waals surface area contributed by atoms with Gasteiger partial charge >= 0.3 is 0 Å². The highest BCUT2D eigenvalue weighted by Gasteiger charge is 2.15. The molecule has 0 aliphatic heterocycles. The van der Waals surface area contributed by atoms with Crippen molar-refractivity contribution in [3.05, 3.63) is 51.2 Å². The number of benzene rings is 1. The molecule has 0 saturated carbocycles. The number of carbonyl (C=O) groups is 1. The monoisotopic (exact) mass is 451 g/mol. The average Bonchev–Trinajstić information content (AvgIpc) is 2.67. The number of hydrogen-bond donors (Lipinski definition) is 1. The van der Waals surface area contributed by atoms with Crippen LogP contribution in [0.3, 0.4) is 0 Å². The van der Waals surface area contributed by atoms with E-state index in [9.17, 15) is 14.0 Å². The number of hydrogen-bond acceptors (Lipinski definition) is 7. The second-order valence-electron chi connectivity index (χ2n) is 5.57. The van der Waals surface area contributed by atoms with Crippen LogP contribution >= 0.6 is 15.9 Å². The van der Waals surface area contributed by atoms with E-state index < -0.39 is 23.8 Å². The van der Waals surface area contributed by atoms with Crippen LogP contribution in [-0.4, -0.2) is 46.0 Å². The van der Waals surface area contributed by atoms with Crippen molar-refractivity contribution in [3.63, 3.8) is 0 Å². The number of nitrogens with one attached hydrogen (secondary N) is 1. The van der Waals surface area contributed by atoms with Crippen LogP contribution in [0.4, 0.5) is 10.3 Å². The van der Waals surface area contributed by atoms with E-state index in [1.54, 1.807) is 18.2 Å². The molecule has 1 amide bonds. The van der Waals surface area contributed by atoms with Crippen molar-refractivity contribution in [1.29, 1.82) is 0 Å². The van der Waals surface area contributed by atoms with Gasteiger partial charge in [0.05, 0.1) is 29.8 Å². The van der Waals surface area contributed by atoms with Crippen molar-refractivity contribution < 1.29 is 18.7 Å². The third-order valence-corrected chi connectivity index (χ3v) is 4.07. The van der Waals surface area contributed by atoms with Gasteiger partial charge in [-0.1, -0.05) is 15.9 Å². The minimum absolute atomic E-state index is 0.0827. The molecule has 1 aromatic carbocycles. The number of ether oxygens (including phenoxy) is 2. The summed E-state index contributed by atoms with van der Waals surface area (Å²) < 4.78 is 25.2. The van der Waals surface area contributed by atoms with Crippen molar-refractivity contribution >= 4 is 38.6 Å². The van der Waals surface area contributed by atoms with Crippen LogP contribution < -0.4 is 15.6 Å². The van der Waals surface area contributed by atoms with Crippen LogP contribution in [0.5, 0.6) is 5.88 Å². The zero-order valence-corrected chi connectivity index (χ0v) is 16.3. The Kier molecular flexibility index (Phi) is 6.26. The van der Waals surface area contributed by atoms with E-state index in [0.717, 1.165) is 21.5 Å². The molecule has 9 nitrogen and oxygen atoms in total. The second-order valence-corrected chi connectivity index (χ2v) is 6.49. The first-order valence-electron chi connectivity index (χ1n) is 8.07. The summed E-state index contributed by atoms with van der Waals surface area (Å²) in [5.74, 6) is -1.12. The molecule has 0 atom stereocenters. The van der Waals surface area contributed by atoms with Gasteiger partial charge < -0.3 is 9.47 Å². The molecular weight excluding hydrogens is 437 g/mol. The number of nitrogens with zero attached hydrogens (tertiary/aromatic N) is 4. The first kappa shape index (κ1) is 19.8. The van der Waals surface area contributed by atoms with Gasteiger partial charge in [0.15, 0.2) is 5.82 Å². The Hall–Kier alpha value is -2.92. The fourth-order valence-corrected chi connectivity index (χ4v) is 2.70. The van der Waals surface area contributed by atoms with Crippen LogP contribution in [0.1, 0.15) is 0 Å². The van der Waals surface area contributed by atoms with Crippen molar-refractivity contribution in [2.45, 2.75) is 6.54 Å². The van der Waals surface area contributed by atoms with E-state index in [1.165, 1.54) is 7.11 Å². The summed E-state index contributed by atoms with van der Waals surface area (Å²) >= 11 is 3.35.